The third-order valence-corrected chi connectivity index (χ3v) is 7.79. The predicted molar refractivity (Wildman–Crippen MR) is 161 cm³/mol. The van der Waals surface area contributed by atoms with Gasteiger partial charge in [-0.1, -0.05) is 66.7 Å². The molecule has 2 aromatic heterocycles. The van der Waals surface area contributed by atoms with Crippen molar-refractivity contribution < 1.29 is 29.1 Å². The van der Waals surface area contributed by atoms with E-state index in [1.165, 1.54) is 17.2 Å². The quantitative estimate of drug-likeness (QED) is 0.135. The van der Waals surface area contributed by atoms with Crippen molar-refractivity contribution in [1.29, 1.82) is 0 Å². The Morgan fingerprint density at radius 2 is 1.56 bits per heavy atom. The van der Waals surface area contributed by atoms with Crippen molar-refractivity contribution in [3.05, 3.63) is 130 Å². The van der Waals surface area contributed by atoms with Gasteiger partial charge in [0.15, 0.2) is 17.0 Å². The molecule has 228 valence electrons. The van der Waals surface area contributed by atoms with Crippen molar-refractivity contribution >= 4 is 28.9 Å². The maximum atomic E-state index is 12.9. The number of amides is 1. The summed E-state index contributed by atoms with van der Waals surface area (Å²) in [7, 11) is 0. The number of nitrogens with one attached hydrogen (secondary N) is 1. The molecule has 5 aromatic rings. The molecule has 0 aliphatic heterocycles. The molecule has 2 heterocycles. The second kappa shape index (κ2) is 13.0. The number of imidazole rings is 1. The number of aliphatic hydroxyl groups excluding tert-OH is 1. The molecular formula is C32H28N6O7. The summed E-state index contributed by atoms with van der Waals surface area (Å²) in [4.78, 5) is 50.7. The molecule has 0 unspecified atom stereocenters. The Bertz CT molecular complexity index is 1800. The first-order chi connectivity index (χ1) is 21.9. The van der Waals surface area contributed by atoms with Gasteiger partial charge in [0.25, 0.3) is 5.91 Å². The number of carbonyl (C=O) groups excluding carboxylic acids is 2. The van der Waals surface area contributed by atoms with E-state index < -0.39 is 53.6 Å². The van der Waals surface area contributed by atoms with Gasteiger partial charge in [-0.25, -0.2) is 19.7 Å². The number of rotatable bonds is 10. The molecule has 1 aliphatic rings. The summed E-state index contributed by atoms with van der Waals surface area (Å²) in [6.07, 6.45) is 0.0555. The lowest BCUT2D eigenvalue weighted by atomic mass is 10.0. The van der Waals surface area contributed by atoms with E-state index in [9.17, 15) is 24.8 Å². The highest BCUT2D eigenvalue weighted by molar-refractivity contribution is 6.06. The second-order valence-electron chi connectivity index (χ2n) is 10.5. The highest BCUT2D eigenvalue weighted by Gasteiger charge is 2.59. The van der Waals surface area contributed by atoms with Crippen LogP contribution in [0.3, 0.4) is 0 Å². The van der Waals surface area contributed by atoms with Crippen LogP contribution < -0.4 is 5.32 Å². The Morgan fingerprint density at radius 3 is 2.22 bits per heavy atom. The minimum absolute atomic E-state index is 0.0556. The minimum Gasteiger partial charge on any atom is -0.461 e. The van der Waals surface area contributed by atoms with E-state index in [-0.39, 0.29) is 29.2 Å². The first-order valence-electron chi connectivity index (χ1n) is 14.2. The molecular weight excluding hydrogens is 580 g/mol. The van der Waals surface area contributed by atoms with Crippen molar-refractivity contribution in [1.82, 2.24) is 19.5 Å². The molecule has 0 radical (unpaired) electrons. The van der Waals surface area contributed by atoms with Crippen molar-refractivity contribution in [3.63, 3.8) is 0 Å². The molecule has 6 rings (SSSR count). The Kier molecular flexibility index (Phi) is 8.53. The highest BCUT2D eigenvalue weighted by Crippen LogP contribution is 2.41. The number of benzene rings is 3. The molecule has 45 heavy (non-hydrogen) atoms. The lowest BCUT2D eigenvalue weighted by molar-refractivity contribution is -0.536. The van der Waals surface area contributed by atoms with Crippen LogP contribution in [0.5, 0.6) is 0 Å². The molecule has 1 aliphatic carbocycles. The number of esters is 1. The Hall–Kier alpha value is -5.53. The van der Waals surface area contributed by atoms with Gasteiger partial charge in [-0.15, -0.1) is 0 Å². The van der Waals surface area contributed by atoms with Crippen LogP contribution >= 0.6 is 0 Å². The van der Waals surface area contributed by atoms with E-state index in [2.05, 4.69) is 20.3 Å². The van der Waals surface area contributed by atoms with Gasteiger partial charge in [-0.2, -0.15) is 0 Å². The summed E-state index contributed by atoms with van der Waals surface area (Å²) in [6.45, 7) is -0.373. The van der Waals surface area contributed by atoms with E-state index in [0.717, 1.165) is 5.56 Å². The maximum absolute atomic E-state index is 12.9. The fraction of sp³-hybridized carbons (Fsp3) is 0.219. The van der Waals surface area contributed by atoms with E-state index in [0.29, 0.717) is 5.56 Å². The first kappa shape index (κ1) is 29.5. The van der Waals surface area contributed by atoms with E-state index >= 15 is 0 Å². The molecule has 1 fully saturated rings. The zero-order valence-electron chi connectivity index (χ0n) is 23.7. The SMILES string of the molecule is O=C(Nc1ncnc2c1ncn2[C@H]1[C@@H](OCc2ccccc2)[C@H](O)[C@@H](COC(=O)c2ccccc2)[C@@H]1[N+](=O)[O-])c1ccccc1. The number of anilines is 1. The van der Waals surface area contributed by atoms with Crippen molar-refractivity contribution in [2.45, 2.75) is 30.9 Å². The average Bonchev–Trinajstić information content (AvgIpc) is 3.62. The van der Waals surface area contributed by atoms with E-state index in [1.54, 1.807) is 60.7 Å². The Balaban J connectivity index is 1.34. The van der Waals surface area contributed by atoms with Gasteiger partial charge < -0.3 is 24.5 Å². The number of carbonyl (C=O) groups is 2. The number of hydrogen-bond donors (Lipinski definition) is 2. The van der Waals surface area contributed by atoms with E-state index in [4.69, 9.17) is 9.47 Å². The van der Waals surface area contributed by atoms with Crippen LogP contribution in [0.1, 0.15) is 32.3 Å². The van der Waals surface area contributed by atoms with Crippen LogP contribution in [0, 0.1) is 16.0 Å². The molecule has 13 heteroatoms. The fourth-order valence-corrected chi connectivity index (χ4v) is 5.62. The smallest absolute Gasteiger partial charge is 0.338 e. The molecule has 2 N–H and O–H groups in total. The van der Waals surface area contributed by atoms with Gasteiger partial charge in [0, 0.05) is 10.5 Å². The lowest BCUT2D eigenvalue weighted by Gasteiger charge is -2.24. The van der Waals surface area contributed by atoms with Gasteiger partial charge in [-0.3, -0.25) is 14.9 Å². The number of aliphatic hydroxyl groups is 1. The Morgan fingerprint density at radius 1 is 0.911 bits per heavy atom. The largest absolute Gasteiger partial charge is 0.461 e. The van der Waals surface area contributed by atoms with Crippen LogP contribution in [0.25, 0.3) is 11.2 Å². The summed E-state index contributed by atoms with van der Waals surface area (Å²) < 4.78 is 13.1. The summed E-state index contributed by atoms with van der Waals surface area (Å²) in [5, 5.41) is 26.9. The predicted octanol–water partition coefficient (Wildman–Crippen LogP) is 3.70. The van der Waals surface area contributed by atoms with Gasteiger partial charge in [0.2, 0.25) is 6.04 Å². The van der Waals surface area contributed by atoms with Crippen LogP contribution in [0.15, 0.2) is 104 Å². The second-order valence-corrected chi connectivity index (χ2v) is 10.5. The number of hydrogen-bond acceptors (Lipinski definition) is 10. The summed E-state index contributed by atoms with van der Waals surface area (Å²) in [6, 6.07) is 23.4. The number of ether oxygens (including phenoxy) is 2. The van der Waals surface area contributed by atoms with Crippen molar-refractivity contribution in [3.8, 4) is 0 Å². The molecule has 5 atom stereocenters. The molecule has 0 spiro atoms. The first-order valence-corrected chi connectivity index (χ1v) is 14.2. The van der Waals surface area contributed by atoms with Gasteiger partial charge >= 0.3 is 5.97 Å². The molecule has 0 saturated heterocycles. The van der Waals surface area contributed by atoms with Crippen LogP contribution in [0.2, 0.25) is 0 Å². The summed E-state index contributed by atoms with van der Waals surface area (Å²) >= 11 is 0. The summed E-state index contributed by atoms with van der Waals surface area (Å²) in [5.41, 5.74) is 1.85. The number of fused-ring (bicyclic) bond motifs is 1. The van der Waals surface area contributed by atoms with Crippen LogP contribution in [0.4, 0.5) is 5.82 Å². The third-order valence-electron chi connectivity index (χ3n) is 7.79. The zero-order chi connectivity index (χ0) is 31.3. The molecule has 1 saturated carbocycles. The van der Waals surface area contributed by atoms with Crippen molar-refractivity contribution in [2.24, 2.45) is 5.92 Å². The standard InChI is InChI=1S/C32H28N6O7/c39-27-23(17-45-32(41)22-14-8-3-9-15-22)25(38(42)43)26(28(27)44-16-20-10-4-1-5-11-20)37-19-35-24-29(33-18-34-30(24)37)36-31(40)21-12-6-2-7-13-21/h1-15,18-19,23,25-28,39H,16-17H2,(H,33,34,36,40)/t23-,25-,26+,27+,28+/m0/s1. The average molecular weight is 609 g/mol. The summed E-state index contributed by atoms with van der Waals surface area (Å²) in [5.74, 6) is -2.11. The minimum atomic E-state index is -1.46. The van der Waals surface area contributed by atoms with Gasteiger partial charge in [0.05, 0.1) is 30.5 Å². The van der Waals surface area contributed by atoms with E-state index in [1.807, 2.05) is 30.3 Å². The molecule has 3 aromatic carbocycles. The van der Waals surface area contributed by atoms with Gasteiger partial charge in [0.1, 0.15) is 25.1 Å². The molecule has 0 bridgehead atoms. The lowest BCUT2D eigenvalue weighted by Crippen LogP contribution is -2.37. The third kappa shape index (κ3) is 6.12. The normalized spacial score (nSPS) is 21.0. The zero-order valence-corrected chi connectivity index (χ0v) is 23.7. The van der Waals surface area contributed by atoms with Gasteiger partial charge in [-0.05, 0) is 29.8 Å². The molecule has 13 nitrogen and oxygen atoms in total. The van der Waals surface area contributed by atoms with Crippen LogP contribution in [-0.4, -0.2) is 66.3 Å². The number of aromatic nitrogens is 4. The van der Waals surface area contributed by atoms with Crippen LogP contribution in [-0.2, 0) is 16.1 Å². The fourth-order valence-electron chi connectivity index (χ4n) is 5.62. The number of nitrogens with zero attached hydrogens (tertiary/aromatic N) is 5. The highest BCUT2D eigenvalue weighted by atomic mass is 16.6. The van der Waals surface area contributed by atoms with Crippen molar-refractivity contribution in [2.75, 3.05) is 11.9 Å². The maximum Gasteiger partial charge on any atom is 0.338 e. The molecule has 1 amide bonds. The monoisotopic (exact) mass is 608 g/mol. The Labute approximate surface area is 256 Å². The topological polar surface area (TPSA) is 172 Å². The number of nitro groups is 1.